The van der Waals surface area contributed by atoms with Crippen molar-refractivity contribution in [3.8, 4) is 0 Å². The zero-order valence-electron chi connectivity index (χ0n) is 7.15. The lowest BCUT2D eigenvalue weighted by molar-refractivity contribution is -0.384. The summed E-state index contributed by atoms with van der Waals surface area (Å²) in [6.07, 6.45) is 0. The second kappa shape index (κ2) is 4.01. The summed E-state index contributed by atoms with van der Waals surface area (Å²) in [4.78, 5) is 24.5. The molecule has 1 amide bonds. The van der Waals surface area contributed by atoms with Crippen LogP contribution < -0.4 is 5.32 Å². The first-order chi connectivity index (χ1) is 6.54. The van der Waals surface area contributed by atoms with Crippen molar-refractivity contribution < 1.29 is 9.72 Å². The lowest BCUT2D eigenvalue weighted by Crippen LogP contribution is -2.19. The molecule has 0 fully saturated rings. The van der Waals surface area contributed by atoms with E-state index in [0.29, 0.717) is 0 Å². The van der Waals surface area contributed by atoms with Gasteiger partial charge in [-0.1, -0.05) is 11.6 Å². The van der Waals surface area contributed by atoms with Gasteiger partial charge in [0.15, 0.2) is 0 Å². The molecule has 0 radical (unpaired) electrons. The van der Waals surface area contributed by atoms with Crippen molar-refractivity contribution in [1.29, 1.82) is 0 Å². The van der Waals surface area contributed by atoms with Gasteiger partial charge in [-0.2, -0.15) is 0 Å². The van der Waals surface area contributed by atoms with Gasteiger partial charge in [0.05, 0.1) is 11.0 Å². The number of pyridine rings is 1. The summed E-state index contributed by atoms with van der Waals surface area (Å²) in [5.41, 5.74) is -0.338. The molecule has 1 N–H and O–H groups in total. The molecule has 0 saturated heterocycles. The molecule has 0 spiro atoms. The molecule has 0 aliphatic heterocycles. The maximum absolute atomic E-state index is 11.1. The van der Waals surface area contributed by atoms with E-state index in [-0.39, 0.29) is 16.5 Å². The number of nitrogens with one attached hydrogen (secondary N) is 1. The summed E-state index contributed by atoms with van der Waals surface area (Å²) in [5.74, 6) is -0.518. The third-order valence-electron chi connectivity index (χ3n) is 1.45. The summed E-state index contributed by atoms with van der Waals surface area (Å²) >= 11 is 5.50. The van der Waals surface area contributed by atoms with E-state index in [9.17, 15) is 14.9 Å². The van der Waals surface area contributed by atoms with Crippen LogP contribution in [0.25, 0.3) is 0 Å². The van der Waals surface area contributed by atoms with Gasteiger partial charge in [0.2, 0.25) is 0 Å². The highest BCUT2D eigenvalue weighted by molar-refractivity contribution is 6.29. The topological polar surface area (TPSA) is 85.1 Å². The Labute approximate surface area is 84.0 Å². The SMILES string of the molecule is CNC(=O)c1cc([N+](=O)[O-])cc(Cl)n1. The standard InChI is InChI=1S/C7H6ClN3O3/c1-9-7(12)5-2-4(11(13)14)3-6(8)10-5/h2-3H,1H3,(H,9,12). The monoisotopic (exact) mass is 215 g/mol. The molecule has 6 nitrogen and oxygen atoms in total. The number of amides is 1. The number of nitro groups is 1. The minimum Gasteiger partial charge on any atom is -0.354 e. The van der Waals surface area contributed by atoms with Crippen molar-refractivity contribution in [2.24, 2.45) is 0 Å². The zero-order chi connectivity index (χ0) is 10.7. The molecular formula is C7H6ClN3O3. The van der Waals surface area contributed by atoms with Crippen LogP contribution in [-0.4, -0.2) is 22.9 Å². The number of nitrogens with zero attached hydrogens (tertiary/aromatic N) is 2. The molecule has 0 bridgehead atoms. The van der Waals surface area contributed by atoms with Crippen LogP contribution in [0.2, 0.25) is 5.15 Å². The normalized spacial score (nSPS) is 9.57. The van der Waals surface area contributed by atoms with E-state index in [1.165, 1.54) is 7.05 Å². The van der Waals surface area contributed by atoms with Crippen LogP contribution in [0.15, 0.2) is 12.1 Å². The molecule has 74 valence electrons. The minimum atomic E-state index is -0.639. The van der Waals surface area contributed by atoms with Crippen molar-refractivity contribution >= 4 is 23.2 Å². The van der Waals surface area contributed by atoms with Crippen molar-refractivity contribution in [1.82, 2.24) is 10.3 Å². The van der Waals surface area contributed by atoms with Crippen LogP contribution in [-0.2, 0) is 0 Å². The van der Waals surface area contributed by atoms with E-state index in [1.807, 2.05) is 0 Å². The molecular weight excluding hydrogens is 210 g/mol. The molecule has 7 heteroatoms. The van der Waals surface area contributed by atoms with Gasteiger partial charge >= 0.3 is 0 Å². The highest BCUT2D eigenvalue weighted by Gasteiger charge is 2.14. The molecule has 1 heterocycles. The van der Waals surface area contributed by atoms with Gasteiger partial charge in [-0.15, -0.1) is 0 Å². The maximum atomic E-state index is 11.1. The fourth-order valence-electron chi connectivity index (χ4n) is 0.833. The van der Waals surface area contributed by atoms with Gasteiger partial charge in [0.25, 0.3) is 11.6 Å². The van der Waals surface area contributed by atoms with Crippen molar-refractivity contribution in [3.63, 3.8) is 0 Å². The number of halogens is 1. The highest BCUT2D eigenvalue weighted by Crippen LogP contribution is 2.17. The average molecular weight is 216 g/mol. The Morgan fingerprint density at radius 1 is 1.64 bits per heavy atom. The van der Waals surface area contributed by atoms with Gasteiger partial charge in [-0.05, 0) is 0 Å². The van der Waals surface area contributed by atoms with Crippen molar-refractivity contribution in [3.05, 3.63) is 33.1 Å². The fraction of sp³-hybridized carbons (Fsp3) is 0.143. The Kier molecular flexibility index (Phi) is 2.98. The number of hydrogen-bond acceptors (Lipinski definition) is 4. The quantitative estimate of drug-likeness (QED) is 0.453. The highest BCUT2D eigenvalue weighted by atomic mass is 35.5. The molecule has 0 unspecified atom stereocenters. The van der Waals surface area contributed by atoms with E-state index < -0.39 is 10.8 Å². The first kappa shape index (κ1) is 10.4. The third-order valence-corrected chi connectivity index (χ3v) is 1.64. The molecule has 0 atom stereocenters. The number of rotatable bonds is 2. The Morgan fingerprint density at radius 2 is 2.29 bits per heavy atom. The number of carbonyl (C=O) groups excluding carboxylic acids is 1. The molecule has 1 aromatic heterocycles. The van der Waals surface area contributed by atoms with Crippen molar-refractivity contribution in [2.45, 2.75) is 0 Å². The number of aromatic nitrogens is 1. The van der Waals surface area contributed by atoms with E-state index in [4.69, 9.17) is 11.6 Å². The Balaban J connectivity index is 3.20. The second-order valence-corrected chi connectivity index (χ2v) is 2.76. The van der Waals surface area contributed by atoms with E-state index in [0.717, 1.165) is 12.1 Å². The lowest BCUT2D eigenvalue weighted by atomic mass is 10.3. The summed E-state index contributed by atoms with van der Waals surface area (Å²) in [7, 11) is 1.40. The third kappa shape index (κ3) is 2.17. The van der Waals surface area contributed by atoms with Gasteiger partial charge in [0, 0.05) is 13.1 Å². The van der Waals surface area contributed by atoms with E-state index in [1.54, 1.807) is 0 Å². The predicted molar refractivity (Wildman–Crippen MR) is 49.3 cm³/mol. The molecule has 0 saturated carbocycles. The molecule has 14 heavy (non-hydrogen) atoms. The van der Waals surface area contributed by atoms with Crippen LogP contribution in [0, 0.1) is 10.1 Å². The number of hydrogen-bond donors (Lipinski definition) is 1. The Hall–Kier alpha value is -1.69. The maximum Gasteiger partial charge on any atom is 0.274 e. The van der Waals surface area contributed by atoms with E-state index >= 15 is 0 Å². The van der Waals surface area contributed by atoms with E-state index in [2.05, 4.69) is 10.3 Å². The molecule has 0 aliphatic rings. The lowest BCUT2D eigenvalue weighted by Gasteiger charge is -1.99. The second-order valence-electron chi connectivity index (χ2n) is 2.37. The summed E-state index contributed by atoms with van der Waals surface area (Å²) < 4.78 is 0. The van der Waals surface area contributed by atoms with Crippen molar-refractivity contribution in [2.75, 3.05) is 7.05 Å². The van der Waals surface area contributed by atoms with Gasteiger partial charge < -0.3 is 5.32 Å². The molecule has 1 aromatic rings. The average Bonchev–Trinajstić information content (AvgIpc) is 2.15. The Bertz CT molecular complexity index is 394. The largest absolute Gasteiger partial charge is 0.354 e. The first-order valence-corrected chi connectivity index (χ1v) is 3.96. The molecule has 0 aliphatic carbocycles. The Morgan fingerprint density at radius 3 is 2.79 bits per heavy atom. The van der Waals surface area contributed by atoms with Crippen LogP contribution in [0.4, 0.5) is 5.69 Å². The minimum absolute atomic E-state index is 0.0771. The molecule has 0 aromatic carbocycles. The summed E-state index contributed by atoms with van der Waals surface area (Å²) in [6, 6.07) is 2.14. The van der Waals surface area contributed by atoms with Crippen LogP contribution in [0.1, 0.15) is 10.5 Å². The van der Waals surface area contributed by atoms with Crippen LogP contribution in [0.5, 0.6) is 0 Å². The van der Waals surface area contributed by atoms with Crippen LogP contribution >= 0.6 is 11.6 Å². The fourth-order valence-corrected chi connectivity index (χ4v) is 1.04. The van der Waals surface area contributed by atoms with Gasteiger partial charge in [-0.3, -0.25) is 14.9 Å². The first-order valence-electron chi connectivity index (χ1n) is 3.58. The van der Waals surface area contributed by atoms with Gasteiger partial charge in [0.1, 0.15) is 10.8 Å². The zero-order valence-corrected chi connectivity index (χ0v) is 7.91. The number of carbonyl (C=O) groups is 1. The predicted octanol–water partition coefficient (Wildman–Crippen LogP) is 1.00. The summed E-state index contributed by atoms with van der Waals surface area (Å²) in [6.45, 7) is 0. The summed E-state index contributed by atoms with van der Waals surface area (Å²) in [5, 5.41) is 12.6. The van der Waals surface area contributed by atoms with Gasteiger partial charge in [-0.25, -0.2) is 4.98 Å². The molecule has 1 rings (SSSR count). The van der Waals surface area contributed by atoms with Crippen LogP contribution in [0.3, 0.4) is 0 Å². The smallest absolute Gasteiger partial charge is 0.274 e.